The quantitative estimate of drug-likeness (QED) is 0.0211. The number of nitrogens with zero attached hydrogens (tertiary/aromatic N) is 1. The van der Waals surface area contributed by atoms with Crippen molar-refractivity contribution >= 4 is 17.9 Å². The van der Waals surface area contributed by atoms with Gasteiger partial charge in [-0.15, -0.1) is 0 Å². The minimum absolute atomic E-state index is 0.181. The second-order valence-electron chi connectivity index (χ2n) is 29.8. The van der Waals surface area contributed by atoms with Gasteiger partial charge in [-0.25, -0.2) is 4.79 Å². The average molecular weight is 1390 g/mol. The monoisotopic (exact) mass is 1390 g/mol. The number of allylic oxidation sites excluding steroid dienone is 16. The number of aliphatic carboxylic acids is 1. The summed E-state index contributed by atoms with van der Waals surface area (Å²) in [7, 11) is 5.99. The maximum absolute atomic E-state index is 13.0. The van der Waals surface area contributed by atoms with Gasteiger partial charge in [-0.1, -0.05) is 387 Å². The molecule has 1 N–H and O–H groups in total. The zero-order chi connectivity index (χ0) is 71.8. The second-order valence-corrected chi connectivity index (χ2v) is 29.8. The highest BCUT2D eigenvalue weighted by molar-refractivity contribution is 5.71. The number of rotatable bonds is 79. The summed E-state index contributed by atoms with van der Waals surface area (Å²) in [6.45, 7) is 4.80. The van der Waals surface area contributed by atoms with E-state index in [0.29, 0.717) is 17.4 Å². The first-order chi connectivity index (χ1) is 48.6. The maximum Gasteiger partial charge on any atom is 0.361 e. The lowest BCUT2D eigenvalue weighted by Crippen LogP contribution is -2.40. The molecule has 0 saturated carbocycles. The minimum atomic E-state index is -1.51. The van der Waals surface area contributed by atoms with E-state index in [1.807, 2.05) is 21.1 Å². The molecule has 99 heavy (non-hydrogen) atoms. The lowest BCUT2D eigenvalue weighted by atomic mass is 10.0. The molecule has 0 spiro atoms. The summed E-state index contributed by atoms with van der Waals surface area (Å²) >= 11 is 0. The van der Waals surface area contributed by atoms with Crippen LogP contribution in [-0.4, -0.2) is 87.4 Å². The van der Waals surface area contributed by atoms with Crippen LogP contribution in [0.5, 0.6) is 0 Å². The van der Waals surface area contributed by atoms with E-state index in [0.717, 1.165) is 83.5 Å². The van der Waals surface area contributed by atoms with Gasteiger partial charge >= 0.3 is 17.9 Å². The van der Waals surface area contributed by atoms with Gasteiger partial charge in [0.1, 0.15) is 13.2 Å². The summed E-state index contributed by atoms with van der Waals surface area (Å²) in [5.41, 5.74) is 0. The molecule has 2 atom stereocenters. The predicted octanol–water partition coefficient (Wildman–Crippen LogP) is 27.5. The molecule has 0 heterocycles. The summed E-state index contributed by atoms with van der Waals surface area (Å²) in [5.74, 6) is -1.98. The van der Waals surface area contributed by atoms with Gasteiger partial charge in [-0.05, 0) is 96.3 Å². The molecule has 0 aromatic rings. The molecule has 9 nitrogen and oxygen atoms in total. The van der Waals surface area contributed by atoms with Crippen LogP contribution < -0.4 is 0 Å². The number of carbonyl (C=O) groups excluding carboxylic acids is 2. The molecule has 0 aromatic heterocycles. The van der Waals surface area contributed by atoms with E-state index in [1.54, 1.807) is 0 Å². The Hall–Kier alpha value is -3.79. The van der Waals surface area contributed by atoms with Gasteiger partial charge in [0, 0.05) is 12.8 Å². The highest BCUT2D eigenvalue weighted by atomic mass is 16.7. The van der Waals surface area contributed by atoms with Crippen molar-refractivity contribution in [2.75, 3.05) is 47.5 Å². The number of carbonyl (C=O) groups is 3. The van der Waals surface area contributed by atoms with Gasteiger partial charge < -0.3 is 28.5 Å². The van der Waals surface area contributed by atoms with E-state index >= 15 is 0 Å². The average Bonchev–Trinajstić information content (AvgIpc) is 1.57. The third-order valence-electron chi connectivity index (χ3n) is 18.8. The van der Waals surface area contributed by atoms with Crippen LogP contribution in [0.1, 0.15) is 399 Å². The fraction of sp³-hybridized carbons (Fsp3) is 0.789. The number of ether oxygens (including phenoxy) is 4. The fourth-order valence-corrected chi connectivity index (χ4v) is 12.4. The van der Waals surface area contributed by atoms with Crippen LogP contribution in [-0.2, 0) is 33.3 Å². The Morgan fingerprint density at radius 3 is 0.859 bits per heavy atom. The van der Waals surface area contributed by atoms with Crippen molar-refractivity contribution in [1.29, 1.82) is 0 Å². The van der Waals surface area contributed by atoms with E-state index in [9.17, 15) is 19.5 Å². The summed E-state index contributed by atoms with van der Waals surface area (Å²) in [6.07, 6.45) is 109. The third kappa shape index (κ3) is 81.4. The van der Waals surface area contributed by atoms with Crippen molar-refractivity contribution in [3.8, 4) is 0 Å². The number of carboxylic acid groups (broad SMARTS) is 1. The molecule has 0 aliphatic rings. The summed E-state index contributed by atoms with van der Waals surface area (Å²) in [6, 6.07) is 0. The van der Waals surface area contributed by atoms with E-state index in [1.165, 1.54) is 289 Å². The molecule has 0 aliphatic heterocycles. The van der Waals surface area contributed by atoms with Crippen LogP contribution >= 0.6 is 0 Å². The Morgan fingerprint density at radius 1 is 0.313 bits per heavy atom. The van der Waals surface area contributed by atoms with Gasteiger partial charge in [0.05, 0.1) is 34.4 Å². The van der Waals surface area contributed by atoms with Crippen molar-refractivity contribution < 1.29 is 42.9 Å². The molecule has 0 aromatic carbocycles. The predicted molar refractivity (Wildman–Crippen MR) is 429 cm³/mol. The summed E-state index contributed by atoms with van der Waals surface area (Å²) in [5, 5.41) is 9.78. The number of esters is 2. The zero-order valence-corrected chi connectivity index (χ0v) is 65.9. The SMILES string of the molecule is CC/C=C\C/C=C\C/C=C\C/C=C\C/C=C\C/C=C\CCCCCCCCCCCCCCCCC(=O)OC(COC(=O)CCCCCCCCCCCCCCCCCCCCCCCCCCCCCCC/C=C\C/C=C\CCCCCCC)COC(OCC[N+](C)(C)C)C(=O)O. The molecular formula is C90H162NO8+. The molecule has 9 heteroatoms. The van der Waals surface area contributed by atoms with Crippen LogP contribution in [0.25, 0.3) is 0 Å². The molecule has 0 radical (unpaired) electrons. The molecule has 0 amide bonds. The van der Waals surface area contributed by atoms with Crippen LogP contribution in [0.2, 0.25) is 0 Å². The number of likely N-dealkylation sites (N-methyl/N-ethyl adjacent to an activating group) is 1. The van der Waals surface area contributed by atoms with Crippen LogP contribution in [0.4, 0.5) is 0 Å². The van der Waals surface area contributed by atoms with E-state index < -0.39 is 24.3 Å². The number of quaternary nitrogens is 1. The Bertz CT molecular complexity index is 1960. The normalized spacial score (nSPS) is 13.1. The topological polar surface area (TPSA) is 108 Å². The van der Waals surface area contributed by atoms with Crippen molar-refractivity contribution in [2.24, 2.45) is 0 Å². The molecule has 0 fully saturated rings. The summed E-state index contributed by atoms with van der Waals surface area (Å²) in [4.78, 5) is 37.8. The van der Waals surface area contributed by atoms with E-state index in [2.05, 4.69) is 111 Å². The molecule has 0 saturated heterocycles. The van der Waals surface area contributed by atoms with Crippen molar-refractivity contribution in [3.63, 3.8) is 0 Å². The Balaban J connectivity index is 3.95. The first-order valence-corrected chi connectivity index (χ1v) is 42.4. The highest BCUT2D eigenvalue weighted by Gasteiger charge is 2.25. The molecule has 574 valence electrons. The summed E-state index contributed by atoms with van der Waals surface area (Å²) < 4.78 is 23.1. The van der Waals surface area contributed by atoms with Gasteiger partial charge in [-0.3, -0.25) is 9.59 Å². The molecule has 2 unspecified atom stereocenters. The third-order valence-corrected chi connectivity index (χ3v) is 18.8. The number of hydrogen-bond acceptors (Lipinski definition) is 7. The fourth-order valence-electron chi connectivity index (χ4n) is 12.4. The van der Waals surface area contributed by atoms with Gasteiger partial charge in [0.25, 0.3) is 6.29 Å². The van der Waals surface area contributed by atoms with Gasteiger partial charge in [0.15, 0.2) is 6.10 Å². The maximum atomic E-state index is 13.0. The number of hydrogen-bond donors (Lipinski definition) is 1. The molecule has 0 aliphatic carbocycles. The molecule has 0 bridgehead atoms. The lowest BCUT2D eigenvalue weighted by molar-refractivity contribution is -0.870. The lowest BCUT2D eigenvalue weighted by Gasteiger charge is -2.25. The first-order valence-electron chi connectivity index (χ1n) is 42.4. The van der Waals surface area contributed by atoms with Gasteiger partial charge in [0.2, 0.25) is 0 Å². The number of unbranched alkanes of at least 4 members (excludes halogenated alkanes) is 48. The van der Waals surface area contributed by atoms with Crippen molar-refractivity contribution in [1.82, 2.24) is 0 Å². The van der Waals surface area contributed by atoms with E-state index in [4.69, 9.17) is 18.9 Å². The Labute approximate surface area is 613 Å². The second kappa shape index (κ2) is 79.9. The Morgan fingerprint density at radius 2 is 0.576 bits per heavy atom. The first kappa shape index (κ1) is 95.2. The van der Waals surface area contributed by atoms with E-state index in [-0.39, 0.29) is 32.2 Å². The number of carboxylic acids is 1. The smallest absolute Gasteiger partial charge is 0.361 e. The van der Waals surface area contributed by atoms with Gasteiger partial charge in [-0.2, -0.15) is 0 Å². The van der Waals surface area contributed by atoms with Crippen LogP contribution in [0, 0.1) is 0 Å². The van der Waals surface area contributed by atoms with Crippen molar-refractivity contribution in [3.05, 3.63) is 97.2 Å². The molecule has 0 rings (SSSR count). The largest absolute Gasteiger partial charge is 0.477 e. The van der Waals surface area contributed by atoms with Crippen LogP contribution in [0.3, 0.4) is 0 Å². The standard InChI is InChI=1S/C90H161NO8/c1-6-8-10-12-14-16-18-20-22-24-26-28-30-32-34-36-38-40-41-42-43-44-45-46-47-49-50-52-54-56-58-60-62-64-66-68-70-72-74-76-78-80-87(92)97-84-86(85-98-90(89(94)95)96-83-82-91(3,4)5)99-88(93)81-79-77-75-73-71-69-67-65-63-61-59-57-55-53-51-48-39-37-35-33-31-29-27-25-23-21-19-17-15-13-11-9-7-2/h9,11,15,17-18,20-21,23-24,26-27,29,33,35,39,48,86,90H,6-8,10,12-14,16,19,22,25,28,30-32,34,36-38,40-47,49-85H2,1-5H3/p+1/b11-9-,17-15-,20-18-,23-21-,26-24-,29-27-,35-33-,48-39-. The van der Waals surface area contributed by atoms with Crippen LogP contribution in [0.15, 0.2) is 97.2 Å². The minimum Gasteiger partial charge on any atom is -0.477 e. The molecular weight excluding hydrogens is 1220 g/mol. The Kier molecular flexibility index (Phi) is 76.8. The highest BCUT2D eigenvalue weighted by Crippen LogP contribution is 2.20. The zero-order valence-electron chi connectivity index (χ0n) is 65.9. The van der Waals surface area contributed by atoms with Crippen molar-refractivity contribution in [2.45, 2.75) is 411 Å².